The van der Waals surface area contributed by atoms with Crippen molar-refractivity contribution >= 4 is 16.9 Å². The first-order valence-electron chi connectivity index (χ1n) is 4.57. The highest BCUT2D eigenvalue weighted by Crippen LogP contribution is 2.31. The van der Waals surface area contributed by atoms with Gasteiger partial charge in [-0.05, 0) is 18.2 Å². The van der Waals surface area contributed by atoms with Crippen LogP contribution in [0.5, 0.6) is 0 Å². The second-order valence-electron chi connectivity index (χ2n) is 3.38. The minimum absolute atomic E-state index is 0.0264. The highest BCUT2D eigenvalue weighted by molar-refractivity contribution is 6.01. The number of hydrogen-bond acceptors (Lipinski definition) is 3. The maximum absolute atomic E-state index is 12.4. The number of halogens is 3. The fraction of sp³-hybridized carbons (Fsp3) is 0.0909. The van der Waals surface area contributed by atoms with Gasteiger partial charge in [0.25, 0.3) is 0 Å². The van der Waals surface area contributed by atoms with Crippen LogP contribution >= 0.6 is 0 Å². The van der Waals surface area contributed by atoms with Gasteiger partial charge in [-0.2, -0.15) is 13.2 Å². The van der Waals surface area contributed by atoms with Gasteiger partial charge in [-0.15, -0.1) is 0 Å². The largest absolute Gasteiger partial charge is 0.545 e. The van der Waals surface area contributed by atoms with Gasteiger partial charge in [-0.1, -0.05) is 6.07 Å². The van der Waals surface area contributed by atoms with Gasteiger partial charge in [-0.3, -0.25) is 4.98 Å². The summed E-state index contributed by atoms with van der Waals surface area (Å²) in [5.74, 6) is -1.45. The van der Waals surface area contributed by atoms with Gasteiger partial charge < -0.3 is 9.90 Å². The Balaban J connectivity index is 2.69. The highest BCUT2D eigenvalue weighted by Gasteiger charge is 2.30. The number of alkyl halides is 3. The Kier molecular flexibility index (Phi) is 2.49. The van der Waals surface area contributed by atoms with E-state index in [9.17, 15) is 23.1 Å². The molecular weight excluding hydrogens is 235 g/mol. The van der Waals surface area contributed by atoms with Gasteiger partial charge >= 0.3 is 6.18 Å². The summed E-state index contributed by atoms with van der Waals surface area (Å²) in [6.07, 6.45) is -3.35. The second-order valence-corrected chi connectivity index (χ2v) is 3.38. The lowest BCUT2D eigenvalue weighted by atomic mass is 10.1. The predicted molar refractivity (Wildman–Crippen MR) is 51.1 cm³/mol. The minimum Gasteiger partial charge on any atom is -0.545 e. The van der Waals surface area contributed by atoms with E-state index in [-0.39, 0.29) is 16.5 Å². The molecule has 3 nitrogen and oxygen atoms in total. The van der Waals surface area contributed by atoms with Gasteiger partial charge in [0.15, 0.2) is 0 Å². The summed E-state index contributed by atoms with van der Waals surface area (Å²) < 4.78 is 37.3. The number of carboxylic acid groups (broad SMARTS) is 1. The smallest absolute Gasteiger partial charge is 0.416 e. The zero-order chi connectivity index (χ0) is 12.6. The number of nitrogens with zero attached hydrogens (tertiary/aromatic N) is 1. The SMILES string of the molecule is O=C([O-])c1ccnc2cc(C(F)(F)F)ccc12. The Labute approximate surface area is 93.5 Å². The van der Waals surface area contributed by atoms with E-state index < -0.39 is 17.7 Å². The van der Waals surface area contributed by atoms with Crippen LogP contribution in [0.1, 0.15) is 15.9 Å². The van der Waals surface area contributed by atoms with E-state index in [2.05, 4.69) is 4.98 Å². The molecule has 0 fully saturated rings. The molecule has 0 saturated carbocycles. The monoisotopic (exact) mass is 240 g/mol. The Hall–Kier alpha value is -2.11. The minimum atomic E-state index is -4.48. The molecule has 0 atom stereocenters. The average molecular weight is 240 g/mol. The third-order valence-electron chi connectivity index (χ3n) is 2.29. The molecule has 0 aliphatic carbocycles. The molecule has 1 aromatic carbocycles. The summed E-state index contributed by atoms with van der Waals surface area (Å²) in [4.78, 5) is 14.4. The van der Waals surface area contributed by atoms with Crippen molar-refractivity contribution in [2.75, 3.05) is 0 Å². The van der Waals surface area contributed by atoms with E-state index in [4.69, 9.17) is 0 Å². The van der Waals surface area contributed by atoms with E-state index in [0.717, 1.165) is 24.4 Å². The molecule has 2 aromatic rings. The normalized spacial score (nSPS) is 11.7. The van der Waals surface area contributed by atoms with E-state index in [0.29, 0.717) is 0 Å². The zero-order valence-electron chi connectivity index (χ0n) is 8.28. The summed E-state index contributed by atoms with van der Waals surface area (Å²) in [5.41, 5.74) is -1.07. The summed E-state index contributed by atoms with van der Waals surface area (Å²) in [6.45, 7) is 0. The molecule has 1 aromatic heterocycles. The second kappa shape index (κ2) is 3.73. The standard InChI is InChI=1S/C11H6F3NO2/c12-11(13,14)6-1-2-7-8(10(16)17)3-4-15-9(7)5-6/h1-5H,(H,16,17)/p-1. The van der Waals surface area contributed by atoms with Crippen molar-refractivity contribution in [1.29, 1.82) is 0 Å². The summed E-state index contributed by atoms with van der Waals surface area (Å²) >= 11 is 0. The summed E-state index contributed by atoms with van der Waals surface area (Å²) in [6, 6.07) is 3.89. The Morgan fingerprint density at radius 2 is 1.94 bits per heavy atom. The molecule has 0 bridgehead atoms. The van der Waals surface area contributed by atoms with Crippen molar-refractivity contribution in [2.24, 2.45) is 0 Å². The maximum Gasteiger partial charge on any atom is 0.416 e. The lowest BCUT2D eigenvalue weighted by Crippen LogP contribution is -2.22. The number of pyridine rings is 1. The van der Waals surface area contributed by atoms with Crippen molar-refractivity contribution in [2.45, 2.75) is 6.18 Å². The van der Waals surface area contributed by atoms with Crippen LogP contribution in [-0.2, 0) is 6.18 Å². The molecule has 88 valence electrons. The molecule has 0 N–H and O–H groups in total. The number of rotatable bonds is 1. The average Bonchev–Trinajstić information content (AvgIpc) is 2.26. The van der Waals surface area contributed by atoms with Gasteiger partial charge in [-0.25, -0.2) is 0 Å². The van der Waals surface area contributed by atoms with Crippen LogP contribution < -0.4 is 5.11 Å². The lowest BCUT2D eigenvalue weighted by Gasteiger charge is -2.10. The molecule has 0 unspecified atom stereocenters. The molecule has 2 rings (SSSR count). The Bertz CT molecular complexity index is 593. The van der Waals surface area contributed by atoms with Gasteiger partial charge in [0.2, 0.25) is 0 Å². The van der Waals surface area contributed by atoms with Crippen molar-refractivity contribution in [3.63, 3.8) is 0 Å². The van der Waals surface area contributed by atoms with Crippen LogP contribution in [0.2, 0.25) is 0 Å². The number of carbonyl (C=O) groups excluding carboxylic acids is 1. The van der Waals surface area contributed by atoms with Crippen LogP contribution in [0.15, 0.2) is 30.5 Å². The van der Waals surface area contributed by atoms with Crippen molar-refractivity contribution < 1.29 is 23.1 Å². The Morgan fingerprint density at radius 1 is 1.24 bits per heavy atom. The number of aromatic carboxylic acids is 1. The fourth-order valence-corrected chi connectivity index (χ4v) is 1.50. The van der Waals surface area contributed by atoms with Crippen molar-refractivity contribution in [3.8, 4) is 0 Å². The van der Waals surface area contributed by atoms with Crippen LogP contribution in [0.4, 0.5) is 13.2 Å². The third kappa shape index (κ3) is 2.06. The highest BCUT2D eigenvalue weighted by atomic mass is 19.4. The number of hydrogen-bond donors (Lipinski definition) is 0. The molecule has 0 spiro atoms. The zero-order valence-corrected chi connectivity index (χ0v) is 8.28. The van der Waals surface area contributed by atoms with Gasteiger partial charge in [0, 0.05) is 17.1 Å². The quantitative estimate of drug-likeness (QED) is 0.761. The van der Waals surface area contributed by atoms with Crippen molar-refractivity contribution in [3.05, 3.63) is 41.6 Å². The summed E-state index contributed by atoms with van der Waals surface area (Å²) in [7, 11) is 0. The number of carbonyl (C=O) groups is 1. The van der Waals surface area contributed by atoms with Crippen LogP contribution in [0.3, 0.4) is 0 Å². The topological polar surface area (TPSA) is 53.0 Å². The lowest BCUT2D eigenvalue weighted by molar-refractivity contribution is -0.254. The van der Waals surface area contributed by atoms with Gasteiger partial charge in [0.1, 0.15) is 0 Å². The van der Waals surface area contributed by atoms with E-state index in [1.807, 2.05) is 0 Å². The predicted octanol–water partition coefficient (Wildman–Crippen LogP) is 1.62. The number of benzene rings is 1. The first-order valence-corrected chi connectivity index (χ1v) is 4.57. The molecule has 6 heteroatoms. The number of aromatic nitrogens is 1. The first-order chi connectivity index (χ1) is 7.89. The van der Waals surface area contributed by atoms with Crippen LogP contribution in [0, 0.1) is 0 Å². The van der Waals surface area contributed by atoms with Crippen LogP contribution in [0.25, 0.3) is 10.9 Å². The molecule has 1 heterocycles. The van der Waals surface area contributed by atoms with E-state index in [1.165, 1.54) is 6.07 Å². The van der Waals surface area contributed by atoms with E-state index >= 15 is 0 Å². The Morgan fingerprint density at radius 3 is 2.53 bits per heavy atom. The fourth-order valence-electron chi connectivity index (χ4n) is 1.50. The molecule has 0 saturated heterocycles. The third-order valence-corrected chi connectivity index (χ3v) is 2.29. The molecule has 0 aliphatic heterocycles. The van der Waals surface area contributed by atoms with E-state index in [1.54, 1.807) is 0 Å². The molecule has 0 radical (unpaired) electrons. The first kappa shape index (κ1) is 11.4. The van der Waals surface area contributed by atoms with Crippen molar-refractivity contribution in [1.82, 2.24) is 4.98 Å². The number of fused-ring (bicyclic) bond motifs is 1. The van der Waals surface area contributed by atoms with Gasteiger partial charge in [0.05, 0.1) is 17.0 Å². The molecule has 0 amide bonds. The number of carboxylic acids is 1. The van der Waals surface area contributed by atoms with Crippen LogP contribution in [-0.4, -0.2) is 11.0 Å². The molecule has 0 aliphatic rings. The molecule has 17 heavy (non-hydrogen) atoms. The summed E-state index contributed by atoms with van der Waals surface area (Å²) in [5, 5.41) is 10.9. The molecular formula is C11H5F3NO2-. The maximum atomic E-state index is 12.4.